The number of carbonyl (C=O) groups is 2. The predicted octanol–water partition coefficient (Wildman–Crippen LogP) is 3.02. The van der Waals surface area contributed by atoms with Crippen LogP contribution in [0.2, 0.25) is 0 Å². The number of esters is 1. The molecule has 2 atom stereocenters. The standard InChI is InChI=1S/C18H22N2O4/c1-11-15(17(21)24-14-5-3-4-6-14)16(20-18(22)19-11)12-7-9-13(23-2)10-8-12/h7-10,14-16H,3-6H2,1-2H3,(H,20,22). The summed E-state index contributed by atoms with van der Waals surface area (Å²) >= 11 is 0. The van der Waals surface area contributed by atoms with Crippen molar-refractivity contribution in [3.63, 3.8) is 0 Å². The van der Waals surface area contributed by atoms with E-state index in [4.69, 9.17) is 9.47 Å². The summed E-state index contributed by atoms with van der Waals surface area (Å²) in [5, 5.41) is 2.79. The molecule has 6 nitrogen and oxygen atoms in total. The highest BCUT2D eigenvalue weighted by molar-refractivity contribution is 6.08. The molecule has 1 aliphatic heterocycles. The van der Waals surface area contributed by atoms with Crippen LogP contribution in [0.1, 0.15) is 44.2 Å². The summed E-state index contributed by atoms with van der Waals surface area (Å²) in [6.07, 6.45) is 3.99. The fourth-order valence-corrected chi connectivity index (χ4v) is 3.36. The van der Waals surface area contributed by atoms with Crippen molar-refractivity contribution in [2.75, 3.05) is 7.11 Å². The summed E-state index contributed by atoms with van der Waals surface area (Å²) in [4.78, 5) is 28.4. The zero-order chi connectivity index (χ0) is 17.1. The molecular weight excluding hydrogens is 308 g/mol. The van der Waals surface area contributed by atoms with Crippen LogP contribution in [-0.4, -0.2) is 30.9 Å². The summed E-state index contributed by atoms with van der Waals surface area (Å²) in [7, 11) is 1.59. The number of aliphatic imine (C=N–C) groups is 1. The zero-order valence-corrected chi connectivity index (χ0v) is 14.0. The number of hydrogen-bond acceptors (Lipinski definition) is 4. The fourth-order valence-electron chi connectivity index (χ4n) is 3.36. The minimum absolute atomic E-state index is 0.0144. The average Bonchev–Trinajstić information content (AvgIpc) is 3.07. The highest BCUT2D eigenvalue weighted by Crippen LogP contribution is 2.31. The molecule has 2 unspecified atom stereocenters. The van der Waals surface area contributed by atoms with Crippen molar-refractivity contribution in [3.8, 4) is 5.75 Å². The van der Waals surface area contributed by atoms with Crippen LogP contribution in [0.4, 0.5) is 4.79 Å². The van der Waals surface area contributed by atoms with Crippen molar-refractivity contribution in [1.82, 2.24) is 5.32 Å². The van der Waals surface area contributed by atoms with Gasteiger partial charge >= 0.3 is 12.0 Å². The van der Waals surface area contributed by atoms with Crippen molar-refractivity contribution < 1.29 is 19.1 Å². The van der Waals surface area contributed by atoms with E-state index in [1.54, 1.807) is 14.0 Å². The van der Waals surface area contributed by atoms with E-state index in [9.17, 15) is 9.59 Å². The van der Waals surface area contributed by atoms with Gasteiger partial charge in [-0.1, -0.05) is 12.1 Å². The maximum Gasteiger partial charge on any atom is 0.341 e. The second kappa shape index (κ2) is 7.03. The second-order valence-corrected chi connectivity index (χ2v) is 6.27. The number of methoxy groups -OCH3 is 1. The largest absolute Gasteiger partial charge is 0.497 e. The number of carbonyl (C=O) groups excluding carboxylic acids is 2. The summed E-state index contributed by atoms with van der Waals surface area (Å²) in [5.74, 6) is -0.197. The molecule has 0 bridgehead atoms. The fraction of sp³-hybridized carbons (Fsp3) is 0.500. The molecule has 0 saturated heterocycles. The molecule has 1 saturated carbocycles. The molecule has 1 aromatic rings. The SMILES string of the molecule is COc1ccc(C2NC(=O)N=C(C)C2C(=O)OC2CCCC2)cc1. The van der Waals surface area contributed by atoms with Crippen molar-refractivity contribution in [2.24, 2.45) is 10.9 Å². The number of ether oxygens (including phenoxy) is 2. The van der Waals surface area contributed by atoms with Gasteiger partial charge in [0.2, 0.25) is 0 Å². The molecule has 1 fully saturated rings. The summed E-state index contributed by atoms with van der Waals surface area (Å²) < 4.78 is 10.8. The first-order valence-corrected chi connectivity index (χ1v) is 8.28. The van der Waals surface area contributed by atoms with E-state index in [1.807, 2.05) is 24.3 Å². The maximum atomic E-state index is 12.7. The Morgan fingerprint density at radius 1 is 1.21 bits per heavy atom. The molecule has 0 radical (unpaired) electrons. The van der Waals surface area contributed by atoms with Gasteiger partial charge in [-0.15, -0.1) is 0 Å². The summed E-state index contributed by atoms with van der Waals surface area (Å²) in [6.45, 7) is 1.70. The van der Waals surface area contributed by atoms with Crippen LogP contribution in [0, 0.1) is 5.92 Å². The van der Waals surface area contributed by atoms with E-state index >= 15 is 0 Å². The smallest absolute Gasteiger partial charge is 0.341 e. The van der Waals surface area contributed by atoms with E-state index in [1.165, 1.54) is 0 Å². The van der Waals surface area contributed by atoms with Gasteiger partial charge < -0.3 is 14.8 Å². The molecule has 0 spiro atoms. The number of nitrogens with zero attached hydrogens (tertiary/aromatic N) is 1. The Balaban J connectivity index is 1.84. The molecule has 1 aromatic carbocycles. The van der Waals surface area contributed by atoms with Crippen LogP contribution < -0.4 is 10.1 Å². The first-order valence-electron chi connectivity index (χ1n) is 8.28. The van der Waals surface area contributed by atoms with E-state index in [0.29, 0.717) is 5.71 Å². The third-order valence-electron chi connectivity index (χ3n) is 4.65. The van der Waals surface area contributed by atoms with Gasteiger partial charge in [0, 0.05) is 5.71 Å². The topological polar surface area (TPSA) is 77.0 Å². The van der Waals surface area contributed by atoms with Gasteiger partial charge in [0.1, 0.15) is 17.8 Å². The Kier molecular flexibility index (Phi) is 4.83. The molecule has 1 aliphatic carbocycles. The van der Waals surface area contributed by atoms with Crippen LogP contribution in [-0.2, 0) is 9.53 Å². The molecule has 6 heteroatoms. The van der Waals surface area contributed by atoms with Crippen LogP contribution in [0.25, 0.3) is 0 Å². The van der Waals surface area contributed by atoms with Crippen molar-refractivity contribution in [3.05, 3.63) is 29.8 Å². The molecule has 2 aliphatic rings. The van der Waals surface area contributed by atoms with E-state index < -0.39 is 18.0 Å². The third kappa shape index (κ3) is 3.42. The molecule has 1 N–H and O–H groups in total. The van der Waals surface area contributed by atoms with Gasteiger partial charge in [0.25, 0.3) is 0 Å². The highest BCUT2D eigenvalue weighted by Gasteiger charge is 2.39. The van der Waals surface area contributed by atoms with E-state index in [-0.39, 0.29) is 12.1 Å². The first-order chi connectivity index (χ1) is 11.6. The van der Waals surface area contributed by atoms with Crippen LogP contribution in [0.3, 0.4) is 0 Å². The Hall–Kier alpha value is -2.37. The van der Waals surface area contributed by atoms with Gasteiger partial charge in [-0.05, 0) is 50.3 Å². The Labute approximate surface area is 141 Å². The van der Waals surface area contributed by atoms with Crippen LogP contribution in [0.15, 0.2) is 29.3 Å². The molecule has 128 valence electrons. The second-order valence-electron chi connectivity index (χ2n) is 6.27. The first kappa shape index (κ1) is 16.5. The predicted molar refractivity (Wildman–Crippen MR) is 89.2 cm³/mol. The van der Waals surface area contributed by atoms with Gasteiger partial charge in [-0.3, -0.25) is 4.79 Å². The van der Waals surface area contributed by atoms with Crippen LogP contribution >= 0.6 is 0 Å². The number of benzene rings is 1. The van der Waals surface area contributed by atoms with Gasteiger partial charge in [-0.25, -0.2) is 9.79 Å². The lowest BCUT2D eigenvalue weighted by molar-refractivity contribution is -0.152. The minimum Gasteiger partial charge on any atom is -0.497 e. The third-order valence-corrected chi connectivity index (χ3v) is 4.65. The highest BCUT2D eigenvalue weighted by atomic mass is 16.5. The minimum atomic E-state index is -0.600. The van der Waals surface area contributed by atoms with Crippen molar-refractivity contribution in [2.45, 2.75) is 44.8 Å². The molecular formula is C18H22N2O4. The lowest BCUT2D eigenvalue weighted by atomic mass is 9.88. The quantitative estimate of drug-likeness (QED) is 0.861. The molecule has 0 aromatic heterocycles. The molecule has 1 heterocycles. The monoisotopic (exact) mass is 330 g/mol. The number of amides is 2. The molecule has 24 heavy (non-hydrogen) atoms. The maximum absolute atomic E-state index is 12.7. The lowest BCUT2D eigenvalue weighted by Gasteiger charge is -2.30. The van der Waals surface area contributed by atoms with Crippen molar-refractivity contribution >= 4 is 17.7 Å². The summed E-state index contributed by atoms with van der Waals surface area (Å²) in [6, 6.07) is 6.40. The van der Waals surface area contributed by atoms with Crippen molar-refractivity contribution in [1.29, 1.82) is 0 Å². The van der Waals surface area contributed by atoms with E-state index in [2.05, 4.69) is 10.3 Å². The van der Waals surface area contributed by atoms with Gasteiger partial charge in [0.05, 0.1) is 13.2 Å². The average molecular weight is 330 g/mol. The van der Waals surface area contributed by atoms with E-state index in [0.717, 1.165) is 37.0 Å². The Morgan fingerprint density at radius 2 is 1.88 bits per heavy atom. The summed E-state index contributed by atoms with van der Waals surface area (Å²) in [5.41, 5.74) is 1.31. The van der Waals surface area contributed by atoms with Gasteiger partial charge in [-0.2, -0.15) is 0 Å². The molecule has 2 amide bonds. The molecule has 3 rings (SSSR count). The lowest BCUT2D eigenvalue weighted by Crippen LogP contribution is -2.44. The number of hydrogen-bond donors (Lipinski definition) is 1. The van der Waals surface area contributed by atoms with Crippen LogP contribution in [0.5, 0.6) is 5.75 Å². The number of nitrogens with one attached hydrogen (secondary N) is 1. The number of rotatable bonds is 4. The Morgan fingerprint density at radius 3 is 2.50 bits per heavy atom. The van der Waals surface area contributed by atoms with Gasteiger partial charge in [0.15, 0.2) is 0 Å². The zero-order valence-electron chi connectivity index (χ0n) is 14.0. The number of urea groups is 1. The Bertz CT molecular complexity index is 647. The normalized spacial score (nSPS) is 24.2.